The van der Waals surface area contributed by atoms with Crippen LogP contribution in [-0.4, -0.2) is 23.5 Å². The second-order valence-electron chi connectivity index (χ2n) is 5.62. The smallest absolute Gasteiger partial charge is 0.242 e. The highest BCUT2D eigenvalue weighted by atomic mass is 32.2. The number of pyridine rings is 1. The normalized spacial score (nSPS) is 12.1. The zero-order valence-corrected chi connectivity index (χ0v) is 15.5. The average molecular weight is 390 g/mol. The number of hydrogen-bond acceptors (Lipinski definition) is 8. The van der Waals surface area contributed by atoms with Crippen LogP contribution in [0.5, 0.6) is 0 Å². The minimum Gasteiger partial charge on any atom is -0.437 e. The minimum absolute atomic E-state index is 0.0648. The lowest BCUT2D eigenvalue weighted by atomic mass is 10.3. The number of thiophene rings is 1. The second-order valence-corrected chi connectivity index (χ2v) is 8.61. The Kier molecular flexibility index (Phi) is 4.10. The number of fused-ring (bicyclic) bond motifs is 1. The Morgan fingerprint density at radius 2 is 2.12 bits per heavy atom. The van der Waals surface area contributed by atoms with Crippen LogP contribution in [0, 0.1) is 13.8 Å². The number of nitrogens with one attached hydrogen (secondary N) is 1. The molecule has 4 heterocycles. The van der Waals surface area contributed by atoms with Gasteiger partial charge in [0.25, 0.3) is 0 Å². The Balaban J connectivity index is 1.57. The molecule has 4 aromatic rings. The van der Waals surface area contributed by atoms with Crippen molar-refractivity contribution in [2.75, 3.05) is 0 Å². The molecule has 1 N–H and O–H groups in total. The summed E-state index contributed by atoms with van der Waals surface area (Å²) in [7, 11) is -3.73. The first-order chi connectivity index (χ1) is 12.4. The van der Waals surface area contributed by atoms with E-state index in [-0.39, 0.29) is 17.3 Å². The van der Waals surface area contributed by atoms with Gasteiger partial charge in [0.2, 0.25) is 15.9 Å². The van der Waals surface area contributed by atoms with Crippen LogP contribution in [0.4, 0.5) is 0 Å². The quantitative estimate of drug-likeness (QED) is 0.557. The summed E-state index contributed by atoms with van der Waals surface area (Å²) in [5.41, 5.74) is 1.69. The maximum Gasteiger partial charge on any atom is 0.242 e. The fourth-order valence-corrected chi connectivity index (χ4v) is 4.97. The van der Waals surface area contributed by atoms with E-state index >= 15 is 0 Å². The van der Waals surface area contributed by atoms with Gasteiger partial charge in [-0.1, -0.05) is 5.16 Å². The Morgan fingerprint density at radius 1 is 1.27 bits per heavy atom. The number of oxazole rings is 1. The highest BCUT2D eigenvalue weighted by molar-refractivity contribution is 7.89. The summed E-state index contributed by atoms with van der Waals surface area (Å²) in [6, 6.07) is 6.79. The van der Waals surface area contributed by atoms with Gasteiger partial charge in [-0.15, -0.1) is 11.3 Å². The predicted molar refractivity (Wildman–Crippen MR) is 95.1 cm³/mol. The zero-order valence-electron chi connectivity index (χ0n) is 13.9. The van der Waals surface area contributed by atoms with Crippen molar-refractivity contribution in [2.45, 2.75) is 25.3 Å². The summed E-state index contributed by atoms with van der Waals surface area (Å²) >= 11 is 1.33. The van der Waals surface area contributed by atoms with Crippen LogP contribution in [0.15, 0.2) is 44.3 Å². The first kappa shape index (κ1) is 16.9. The van der Waals surface area contributed by atoms with Crippen LogP contribution >= 0.6 is 11.3 Å². The van der Waals surface area contributed by atoms with E-state index in [0.29, 0.717) is 26.7 Å². The van der Waals surface area contributed by atoms with E-state index in [2.05, 4.69) is 19.8 Å². The van der Waals surface area contributed by atoms with Gasteiger partial charge in [-0.05, 0) is 32.0 Å². The molecule has 0 saturated heterocycles. The second kappa shape index (κ2) is 6.31. The van der Waals surface area contributed by atoms with Gasteiger partial charge >= 0.3 is 0 Å². The van der Waals surface area contributed by atoms with E-state index < -0.39 is 10.0 Å². The number of rotatable bonds is 5. The van der Waals surface area contributed by atoms with Gasteiger partial charge in [-0.25, -0.2) is 18.1 Å². The van der Waals surface area contributed by atoms with Gasteiger partial charge in [-0.3, -0.25) is 0 Å². The van der Waals surface area contributed by atoms with E-state index in [0.717, 1.165) is 5.69 Å². The van der Waals surface area contributed by atoms with Crippen molar-refractivity contribution in [1.82, 2.24) is 19.8 Å². The largest absolute Gasteiger partial charge is 0.437 e. The lowest BCUT2D eigenvalue weighted by Gasteiger charge is -2.03. The van der Waals surface area contributed by atoms with Gasteiger partial charge in [0.05, 0.1) is 22.0 Å². The van der Waals surface area contributed by atoms with E-state index in [1.807, 2.05) is 6.92 Å². The molecule has 0 atom stereocenters. The van der Waals surface area contributed by atoms with Crippen molar-refractivity contribution in [3.05, 3.63) is 46.9 Å². The van der Waals surface area contributed by atoms with E-state index in [9.17, 15) is 8.42 Å². The van der Waals surface area contributed by atoms with Crippen LogP contribution in [0.2, 0.25) is 0 Å². The van der Waals surface area contributed by atoms with Gasteiger partial charge in [0.1, 0.15) is 0 Å². The van der Waals surface area contributed by atoms with Crippen LogP contribution in [0.1, 0.15) is 16.5 Å². The molecule has 0 amide bonds. The van der Waals surface area contributed by atoms with Gasteiger partial charge in [-0.2, -0.15) is 4.98 Å². The number of hydrogen-bond donors (Lipinski definition) is 1. The predicted octanol–water partition coefficient (Wildman–Crippen LogP) is 3.03. The summed E-state index contributed by atoms with van der Waals surface area (Å²) in [5, 5.41) is 3.83. The fraction of sp³-hybridized carbons (Fsp3) is 0.188. The summed E-state index contributed by atoms with van der Waals surface area (Å²) in [6.07, 6.45) is 1.60. The summed E-state index contributed by atoms with van der Waals surface area (Å²) in [4.78, 5) is 9.77. The van der Waals surface area contributed by atoms with Crippen molar-refractivity contribution < 1.29 is 17.4 Å². The molecule has 0 aromatic carbocycles. The Morgan fingerprint density at radius 3 is 2.85 bits per heavy atom. The third-order valence-corrected chi connectivity index (χ3v) is 6.38. The molecule has 0 aliphatic heterocycles. The molecular formula is C16H14N4O4S2. The van der Waals surface area contributed by atoms with Crippen molar-refractivity contribution in [2.24, 2.45) is 0 Å². The third-order valence-electron chi connectivity index (χ3n) is 3.66. The van der Waals surface area contributed by atoms with Crippen LogP contribution in [0.3, 0.4) is 0 Å². The van der Waals surface area contributed by atoms with Crippen LogP contribution < -0.4 is 4.72 Å². The molecule has 134 valence electrons. The van der Waals surface area contributed by atoms with Crippen LogP contribution in [-0.2, 0) is 16.6 Å². The molecule has 0 aliphatic rings. The molecule has 4 rings (SSSR count). The minimum atomic E-state index is -3.73. The fourth-order valence-electron chi connectivity index (χ4n) is 2.46. The Hall–Kier alpha value is -2.56. The molecule has 26 heavy (non-hydrogen) atoms. The average Bonchev–Trinajstić information content (AvgIpc) is 3.30. The van der Waals surface area contributed by atoms with E-state index in [1.54, 1.807) is 37.4 Å². The Bertz CT molecular complexity index is 1160. The molecule has 0 unspecified atom stereocenters. The molecule has 0 aliphatic carbocycles. The lowest BCUT2D eigenvalue weighted by Crippen LogP contribution is -2.23. The SMILES string of the molecule is Cc1cc(-c2cc(S(=O)(=O)NCc3nc4ncccc4o3)c(C)s2)on1. The molecule has 0 spiro atoms. The van der Waals surface area contributed by atoms with Crippen molar-refractivity contribution in [1.29, 1.82) is 0 Å². The summed E-state index contributed by atoms with van der Waals surface area (Å²) < 4.78 is 38.5. The first-order valence-electron chi connectivity index (χ1n) is 7.66. The molecular weight excluding hydrogens is 376 g/mol. The molecule has 0 saturated carbocycles. The molecule has 0 bridgehead atoms. The molecule has 10 heteroatoms. The van der Waals surface area contributed by atoms with Gasteiger partial charge in [0.15, 0.2) is 17.0 Å². The monoisotopic (exact) mass is 390 g/mol. The number of aromatic nitrogens is 3. The number of nitrogens with zero attached hydrogens (tertiary/aromatic N) is 3. The lowest BCUT2D eigenvalue weighted by molar-refractivity contribution is 0.428. The molecule has 4 aromatic heterocycles. The first-order valence-corrected chi connectivity index (χ1v) is 9.96. The highest BCUT2D eigenvalue weighted by Crippen LogP contribution is 2.33. The van der Waals surface area contributed by atoms with Gasteiger partial charge < -0.3 is 8.94 Å². The van der Waals surface area contributed by atoms with Gasteiger partial charge in [0, 0.05) is 17.1 Å². The molecule has 0 fully saturated rings. The van der Waals surface area contributed by atoms with Crippen LogP contribution in [0.25, 0.3) is 21.9 Å². The van der Waals surface area contributed by atoms with Crippen molar-refractivity contribution in [3.8, 4) is 10.6 Å². The number of sulfonamides is 1. The maximum atomic E-state index is 12.7. The third kappa shape index (κ3) is 3.14. The van der Waals surface area contributed by atoms with Crippen molar-refractivity contribution >= 4 is 32.6 Å². The topological polar surface area (TPSA) is 111 Å². The summed E-state index contributed by atoms with van der Waals surface area (Å²) in [5.74, 6) is 0.795. The number of aryl methyl sites for hydroxylation is 2. The van der Waals surface area contributed by atoms with Crippen molar-refractivity contribution in [3.63, 3.8) is 0 Å². The molecule has 0 radical (unpaired) electrons. The Labute approximate surface area is 152 Å². The standard InChI is InChI=1S/C16H14N4O4S2/c1-9-6-12(24-20-9)13-7-14(10(2)25-13)26(21,22)18-8-15-19-16-11(23-15)4-3-5-17-16/h3-7,18H,8H2,1-2H3. The van der Waals surface area contributed by atoms with E-state index in [1.165, 1.54) is 11.3 Å². The molecule has 8 nitrogen and oxygen atoms in total. The maximum absolute atomic E-state index is 12.7. The highest BCUT2D eigenvalue weighted by Gasteiger charge is 2.22. The van der Waals surface area contributed by atoms with E-state index in [4.69, 9.17) is 8.94 Å². The zero-order chi connectivity index (χ0) is 18.3. The summed E-state index contributed by atoms with van der Waals surface area (Å²) in [6.45, 7) is 3.49.